The van der Waals surface area contributed by atoms with E-state index in [9.17, 15) is 0 Å². The lowest BCUT2D eigenvalue weighted by Gasteiger charge is -2.16. The lowest BCUT2D eigenvalue weighted by Crippen LogP contribution is -2.12. The van der Waals surface area contributed by atoms with Crippen LogP contribution in [0, 0.1) is 5.92 Å². The van der Waals surface area contributed by atoms with Gasteiger partial charge >= 0.3 is 0 Å². The second-order valence-corrected chi connectivity index (χ2v) is 4.14. The molecule has 1 aromatic carbocycles. The zero-order chi connectivity index (χ0) is 11.8. The molecule has 0 aromatic heterocycles. The highest BCUT2D eigenvalue weighted by Gasteiger charge is 2.06. The van der Waals surface area contributed by atoms with E-state index < -0.39 is 0 Å². The number of hydrogen-bond acceptors (Lipinski definition) is 2. The zero-order valence-corrected chi connectivity index (χ0v) is 10.4. The number of ether oxygens (including phenoxy) is 1. The molecular weight excluding hydrogens is 198 g/mol. The van der Waals surface area contributed by atoms with Gasteiger partial charge in [-0.25, -0.2) is 0 Å². The molecule has 2 heteroatoms. The van der Waals surface area contributed by atoms with Crippen molar-refractivity contribution < 1.29 is 4.74 Å². The molecule has 90 valence electrons. The SMILES string of the molecule is CCC(CC)COc1ccccc1CCN. The molecule has 0 heterocycles. The van der Waals surface area contributed by atoms with E-state index in [1.54, 1.807) is 0 Å². The Bertz CT molecular complexity index is 295. The third kappa shape index (κ3) is 3.86. The molecule has 1 rings (SSSR count). The maximum atomic E-state index is 5.88. The van der Waals surface area contributed by atoms with Crippen molar-refractivity contribution in [1.82, 2.24) is 0 Å². The van der Waals surface area contributed by atoms with Gasteiger partial charge in [0.1, 0.15) is 5.75 Å². The predicted octanol–water partition coefficient (Wildman–Crippen LogP) is 3.00. The van der Waals surface area contributed by atoms with Gasteiger partial charge in [-0.2, -0.15) is 0 Å². The van der Waals surface area contributed by atoms with E-state index in [1.807, 2.05) is 18.2 Å². The monoisotopic (exact) mass is 221 g/mol. The minimum atomic E-state index is 0.658. The highest BCUT2D eigenvalue weighted by Crippen LogP contribution is 2.20. The summed E-state index contributed by atoms with van der Waals surface area (Å²) in [6, 6.07) is 8.18. The largest absolute Gasteiger partial charge is 0.493 e. The Labute approximate surface area is 98.8 Å². The average Bonchev–Trinajstić information content (AvgIpc) is 2.33. The van der Waals surface area contributed by atoms with Gasteiger partial charge in [0.05, 0.1) is 6.61 Å². The molecule has 0 saturated heterocycles. The fraction of sp³-hybridized carbons (Fsp3) is 0.571. The molecule has 0 fully saturated rings. The van der Waals surface area contributed by atoms with Crippen LogP contribution in [0.4, 0.5) is 0 Å². The molecule has 1 aromatic rings. The zero-order valence-electron chi connectivity index (χ0n) is 10.4. The summed E-state index contributed by atoms with van der Waals surface area (Å²) in [5.41, 5.74) is 6.80. The van der Waals surface area contributed by atoms with Gasteiger partial charge in [0, 0.05) is 0 Å². The van der Waals surface area contributed by atoms with Crippen LogP contribution >= 0.6 is 0 Å². The van der Waals surface area contributed by atoms with Gasteiger partial charge in [-0.1, -0.05) is 44.9 Å². The van der Waals surface area contributed by atoms with Crippen LogP contribution in [0.15, 0.2) is 24.3 Å². The van der Waals surface area contributed by atoms with E-state index in [1.165, 1.54) is 18.4 Å². The van der Waals surface area contributed by atoms with Crippen molar-refractivity contribution in [3.63, 3.8) is 0 Å². The van der Waals surface area contributed by atoms with Gasteiger partial charge < -0.3 is 10.5 Å². The Balaban J connectivity index is 2.58. The normalized spacial score (nSPS) is 10.8. The van der Waals surface area contributed by atoms with Gasteiger partial charge in [0.25, 0.3) is 0 Å². The molecule has 0 unspecified atom stereocenters. The van der Waals surface area contributed by atoms with E-state index in [4.69, 9.17) is 10.5 Å². The van der Waals surface area contributed by atoms with Crippen molar-refractivity contribution in [2.45, 2.75) is 33.1 Å². The van der Waals surface area contributed by atoms with Crippen LogP contribution in [-0.2, 0) is 6.42 Å². The van der Waals surface area contributed by atoms with Gasteiger partial charge in [0.15, 0.2) is 0 Å². The molecule has 0 aliphatic carbocycles. The highest BCUT2D eigenvalue weighted by molar-refractivity contribution is 5.33. The van der Waals surface area contributed by atoms with E-state index >= 15 is 0 Å². The summed E-state index contributed by atoms with van der Waals surface area (Å²) >= 11 is 0. The van der Waals surface area contributed by atoms with E-state index in [-0.39, 0.29) is 0 Å². The summed E-state index contributed by atoms with van der Waals surface area (Å²) in [6.45, 7) is 5.91. The lowest BCUT2D eigenvalue weighted by atomic mass is 10.1. The van der Waals surface area contributed by atoms with Gasteiger partial charge in [-0.3, -0.25) is 0 Å². The second kappa shape index (κ2) is 7.29. The fourth-order valence-electron chi connectivity index (χ4n) is 1.74. The van der Waals surface area contributed by atoms with E-state index in [0.29, 0.717) is 12.5 Å². The number of benzene rings is 1. The molecule has 0 aliphatic rings. The number of para-hydroxylation sites is 1. The summed E-state index contributed by atoms with van der Waals surface area (Å²) in [7, 11) is 0. The summed E-state index contributed by atoms with van der Waals surface area (Å²) in [6.07, 6.45) is 3.24. The molecule has 2 nitrogen and oxygen atoms in total. The van der Waals surface area contributed by atoms with Crippen molar-refractivity contribution in [3.05, 3.63) is 29.8 Å². The Morgan fingerprint density at radius 2 is 1.88 bits per heavy atom. The van der Waals surface area contributed by atoms with Crippen LogP contribution in [0.2, 0.25) is 0 Å². The van der Waals surface area contributed by atoms with Crippen molar-refractivity contribution in [3.8, 4) is 5.75 Å². The standard InChI is InChI=1S/C14H23NO/c1-3-12(4-2)11-16-14-8-6-5-7-13(14)9-10-15/h5-8,12H,3-4,9-11,15H2,1-2H3. The van der Waals surface area contributed by atoms with E-state index in [0.717, 1.165) is 18.8 Å². The third-order valence-corrected chi connectivity index (χ3v) is 3.02. The number of rotatable bonds is 7. The third-order valence-electron chi connectivity index (χ3n) is 3.02. The van der Waals surface area contributed by atoms with Crippen LogP contribution in [0.1, 0.15) is 32.3 Å². The Morgan fingerprint density at radius 3 is 2.50 bits per heavy atom. The molecule has 0 aliphatic heterocycles. The van der Waals surface area contributed by atoms with Gasteiger partial charge in [-0.05, 0) is 30.5 Å². The summed E-state index contributed by atoms with van der Waals surface area (Å²) < 4.78 is 5.88. The lowest BCUT2D eigenvalue weighted by molar-refractivity contribution is 0.238. The van der Waals surface area contributed by atoms with Crippen molar-refractivity contribution in [2.24, 2.45) is 11.7 Å². The quantitative estimate of drug-likeness (QED) is 0.768. The molecule has 2 N–H and O–H groups in total. The second-order valence-electron chi connectivity index (χ2n) is 4.14. The minimum absolute atomic E-state index is 0.658. The topological polar surface area (TPSA) is 35.2 Å². The minimum Gasteiger partial charge on any atom is -0.493 e. The van der Waals surface area contributed by atoms with Crippen LogP contribution < -0.4 is 10.5 Å². The summed E-state index contributed by atoms with van der Waals surface area (Å²) in [4.78, 5) is 0. The first-order chi connectivity index (χ1) is 7.81. The van der Waals surface area contributed by atoms with Crippen molar-refractivity contribution in [2.75, 3.05) is 13.2 Å². The van der Waals surface area contributed by atoms with Gasteiger partial charge in [0.2, 0.25) is 0 Å². The number of hydrogen-bond donors (Lipinski definition) is 1. The van der Waals surface area contributed by atoms with Crippen LogP contribution in [-0.4, -0.2) is 13.2 Å². The maximum absolute atomic E-state index is 5.88. The molecule has 0 amide bonds. The molecule has 16 heavy (non-hydrogen) atoms. The first-order valence-corrected chi connectivity index (χ1v) is 6.22. The first kappa shape index (κ1) is 13.0. The van der Waals surface area contributed by atoms with Gasteiger partial charge in [-0.15, -0.1) is 0 Å². The molecule has 0 atom stereocenters. The van der Waals surface area contributed by atoms with E-state index in [2.05, 4.69) is 19.9 Å². The summed E-state index contributed by atoms with van der Waals surface area (Å²) in [5, 5.41) is 0. The number of nitrogens with two attached hydrogens (primary N) is 1. The van der Waals surface area contributed by atoms with Crippen LogP contribution in [0.3, 0.4) is 0 Å². The molecule has 0 saturated carbocycles. The molecule has 0 bridgehead atoms. The molecule has 0 radical (unpaired) electrons. The molecular formula is C14H23NO. The van der Waals surface area contributed by atoms with Crippen LogP contribution in [0.25, 0.3) is 0 Å². The molecule has 0 spiro atoms. The smallest absolute Gasteiger partial charge is 0.122 e. The van der Waals surface area contributed by atoms with Crippen LogP contribution in [0.5, 0.6) is 5.75 Å². The van der Waals surface area contributed by atoms with Crippen molar-refractivity contribution in [1.29, 1.82) is 0 Å². The highest BCUT2D eigenvalue weighted by atomic mass is 16.5. The van der Waals surface area contributed by atoms with Crippen molar-refractivity contribution >= 4 is 0 Å². The summed E-state index contributed by atoms with van der Waals surface area (Å²) in [5.74, 6) is 1.66. The Hall–Kier alpha value is -1.02. The maximum Gasteiger partial charge on any atom is 0.122 e. The first-order valence-electron chi connectivity index (χ1n) is 6.22. The Kier molecular flexibility index (Phi) is 5.94. The average molecular weight is 221 g/mol. The Morgan fingerprint density at radius 1 is 1.19 bits per heavy atom. The predicted molar refractivity (Wildman–Crippen MR) is 68.8 cm³/mol. The fourth-order valence-corrected chi connectivity index (χ4v) is 1.74.